The maximum Gasteiger partial charge on any atom is 0.358 e. The Labute approximate surface area is 87.3 Å². The van der Waals surface area contributed by atoms with Crippen molar-refractivity contribution in [3.8, 4) is 0 Å². The van der Waals surface area contributed by atoms with Gasteiger partial charge in [0, 0.05) is 6.54 Å². The molecule has 1 aromatic rings. The number of nitrogens with zero attached hydrogens (tertiary/aromatic N) is 3. The minimum absolute atomic E-state index is 0.00720. The number of rotatable bonds is 2. The Bertz CT molecular complexity index is 363. The standard InChI is InChI=1S/C9H14N4O2/c1-6-2-3-10-4-8(6)13-5-7(9(14)15)11-12-13/h5-6,8,10H,2-4H2,1H3,(H,14,15)/t6-,8+/m0/s1. The molecular formula is C9H14N4O2. The fourth-order valence-corrected chi connectivity index (χ4v) is 1.86. The molecule has 6 heteroatoms. The molecule has 2 rings (SSSR count). The monoisotopic (exact) mass is 210 g/mol. The van der Waals surface area contributed by atoms with Gasteiger partial charge >= 0.3 is 5.97 Å². The molecule has 1 aliphatic rings. The number of carbonyl (C=O) groups is 1. The van der Waals surface area contributed by atoms with Crippen molar-refractivity contribution in [2.24, 2.45) is 5.92 Å². The predicted molar refractivity (Wildman–Crippen MR) is 52.7 cm³/mol. The third kappa shape index (κ3) is 1.99. The second-order valence-corrected chi connectivity index (χ2v) is 3.93. The van der Waals surface area contributed by atoms with Crippen molar-refractivity contribution in [1.29, 1.82) is 0 Å². The number of carboxylic acid groups (broad SMARTS) is 1. The van der Waals surface area contributed by atoms with E-state index in [9.17, 15) is 4.79 Å². The van der Waals surface area contributed by atoms with Crippen LogP contribution in [-0.2, 0) is 0 Å². The van der Waals surface area contributed by atoms with Crippen LogP contribution in [0.4, 0.5) is 0 Å². The Morgan fingerprint density at radius 2 is 2.53 bits per heavy atom. The first kappa shape index (κ1) is 10.1. The summed E-state index contributed by atoms with van der Waals surface area (Å²) in [7, 11) is 0. The zero-order chi connectivity index (χ0) is 10.8. The van der Waals surface area contributed by atoms with Crippen LogP contribution in [0.1, 0.15) is 29.9 Å². The summed E-state index contributed by atoms with van der Waals surface area (Å²) in [6.45, 7) is 3.98. The molecule has 15 heavy (non-hydrogen) atoms. The number of nitrogens with one attached hydrogen (secondary N) is 1. The van der Waals surface area contributed by atoms with Gasteiger partial charge < -0.3 is 10.4 Å². The van der Waals surface area contributed by atoms with Gasteiger partial charge in [-0.3, -0.25) is 0 Å². The van der Waals surface area contributed by atoms with Crippen molar-refractivity contribution in [2.45, 2.75) is 19.4 Å². The summed E-state index contributed by atoms with van der Waals surface area (Å²) in [4.78, 5) is 10.6. The summed E-state index contributed by atoms with van der Waals surface area (Å²) in [6.07, 6.45) is 2.57. The van der Waals surface area contributed by atoms with Crippen molar-refractivity contribution < 1.29 is 9.90 Å². The number of piperidine rings is 1. The molecule has 1 fully saturated rings. The lowest BCUT2D eigenvalue weighted by atomic mass is 9.95. The van der Waals surface area contributed by atoms with Gasteiger partial charge in [-0.15, -0.1) is 5.10 Å². The van der Waals surface area contributed by atoms with Crippen LogP contribution in [-0.4, -0.2) is 39.2 Å². The normalized spacial score (nSPS) is 26.5. The van der Waals surface area contributed by atoms with Gasteiger partial charge in [0.2, 0.25) is 0 Å². The zero-order valence-corrected chi connectivity index (χ0v) is 8.55. The first-order valence-corrected chi connectivity index (χ1v) is 5.04. The minimum Gasteiger partial charge on any atom is -0.476 e. The summed E-state index contributed by atoms with van der Waals surface area (Å²) >= 11 is 0. The number of hydrogen-bond acceptors (Lipinski definition) is 4. The highest BCUT2D eigenvalue weighted by Gasteiger charge is 2.24. The van der Waals surface area contributed by atoms with E-state index in [1.54, 1.807) is 4.68 Å². The van der Waals surface area contributed by atoms with E-state index in [4.69, 9.17) is 5.11 Å². The molecule has 6 nitrogen and oxygen atoms in total. The lowest BCUT2D eigenvalue weighted by Gasteiger charge is -2.29. The van der Waals surface area contributed by atoms with Gasteiger partial charge in [0.05, 0.1) is 12.2 Å². The Kier molecular flexibility index (Phi) is 2.68. The first-order chi connectivity index (χ1) is 7.18. The van der Waals surface area contributed by atoms with Gasteiger partial charge in [-0.25, -0.2) is 9.48 Å². The fourth-order valence-electron chi connectivity index (χ4n) is 1.86. The van der Waals surface area contributed by atoms with E-state index in [1.807, 2.05) is 0 Å². The van der Waals surface area contributed by atoms with E-state index in [0.717, 1.165) is 19.5 Å². The van der Waals surface area contributed by atoms with Gasteiger partial charge in [0.15, 0.2) is 5.69 Å². The molecule has 0 unspecified atom stereocenters. The van der Waals surface area contributed by atoms with Crippen LogP contribution >= 0.6 is 0 Å². The molecular weight excluding hydrogens is 196 g/mol. The van der Waals surface area contributed by atoms with Crippen molar-refractivity contribution in [2.75, 3.05) is 13.1 Å². The summed E-state index contributed by atoms with van der Waals surface area (Å²) < 4.78 is 1.65. The van der Waals surface area contributed by atoms with Crippen LogP contribution in [0.5, 0.6) is 0 Å². The Hall–Kier alpha value is -1.43. The molecule has 0 aliphatic carbocycles. The summed E-state index contributed by atoms with van der Waals surface area (Å²) in [5, 5.41) is 19.5. The molecule has 2 atom stereocenters. The van der Waals surface area contributed by atoms with Crippen LogP contribution < -0.4 is 5.32 Å². The molecule has 1 saturated heterocycles. The molecule has 0 radical (unpaired) electrons. The molecule has 2 heterocycles. The van der Waals surface area contributed by atoms with Crippen molar-refractivity contribution in [3.05, 3.63) is 11.9 Å². The molecule has 0 bridgehead atoms. The highest BCUT2D eigenvalue weighted by Crippen LogP contribution is 2.22. The van der Waals surface area contributed by atoms with Crippen LogP contribution in [0.25, 0.3) is 0 Å². The average Bonchev–Trinajstić information content (AvgIpc) is 2.67. The first-order valence-electron chi connectivity index (χ1n) is 5.04. The van der Waals surface area contributed by atoms with E-state index in [1.165, 1.54) is 6.20 Å². The lowest BCUT2D eigenvalue weighted by Crippen LogP contribution is -2.37. The van der Waals surface area contributed by atoms with Crippen LogP contribution in [0.15, 0.2) is 6.20 Å². The maximum atomic E-state index is 10.6. The highest BCUT2D eigenvalue weighted by molar-refractivity contribution is 5.84. The average molecular weight is 210 g/mol. The van der Waals surface area contributed by atoms with E-state index < -0.39 is 5.97 Å². The highest BCUT2D eigenvalue weighted by atomic mass is 16.4. The quantitative estimate of drug-likeness (QED) is 0.726. The molecule has 0 spiro atoms. The van der Waals surface area contributed by atoms with Gasteiger partial charge in [0.25, 0.3) is 0 Å². The van der Waals surface area contributed by atoms with Crippen molar-refractivity contribution in [3.63, 3.8) is 0 Å². The third-order valence-corrected chi connectivity index (χ3v) is 2.86. The van der Waals surface area contributed by atoms with Crippen LogP contribution in [0.3, 0.4) is 0 Å². The second-order valence-electron chi connectivity index (χ2n) is 3.93. The van der Waals surface area contributed by atoms with Crippen LogP contribution in [0.2, 0.25) is 0 Å². The number of hydrogen-bond donors (Lipinski definition) is 2. The second kappa shape index (κ2) is 3.98. The topological polar surface area (TPSA) is 80.0 Å². The van der Waals surface area contributed by atoms with Crippen molar-refractivity contribution in [1.82, 2.24) is 20.3 Å². The Morgan fingerprint density at radius 1 is 1.73 bits per heavy atom. The molecule has 2 N–H and O–H groups in total. The smallest absolute Gasteiger partial charge is 0.358 e. The van der Waals surface area contributed by atoms with Crippen molar-refractivity contribution >= 4 is 5.97 Å². The van der Waals surface area contributed by atoms with Gasteiger partial charge in [-0.1, -0.05) is 12.1 Å². The molecule has 0 aromatic carbocycles. The van der Waals surface area contributed by atoms with Gasteiger partial charge in [-0.05, 0) is 18.9 Å². The fraction of sp³-hybridized carbons (Fsp3) is 0.667. The van der Waals surface area contributed by atoms with E-state index in [2.05, 4.69) is 22.6 Å². The SMILES string of the molecule is C[C@H]1CCNC[C@H]1n1cc(C(=O)O)nn1. The molecule has 0 amide bonds. The van der Waals surface area contributed by atoms with E-state index in [0.29, 0.717) is 5.92 Å². The van der Waals surface area contributed by atoms with E-state index in [-0.39, 0.29) is 11.7 Å². The number of carboxylic acids is 1. The number of aromatic nitrogens is 3. The molecule has 1 aliphatic heterocycles. The Balaban J connectivity index is 2.17. The lowest BCUT2D eigenvalue weighted by molar-refractivity contribution is 0.0690. The molecule has 82 valence electrons. The third-order valence-electron chi connectivity index (χ3n) is 2.86. The molecule has 0 saturated carbocycles. The summed E-state index contributed by atoms with van der Waals surface area (Å²) in [5.74, 6) is -0.535. The largest absolute Gasteiger partial charge is 0.476 e. The van der Waals surface area contributed by atoms with E-state index >= 15 is 0 Å². The Morgan fingerprint density at radius 3 is 3.13 bits per heavy atom. The van der Waals surface area contributed by atoms with Crippen LogP contribution in [0, 0.1) is 5.92 Å². The summed E-state index contributed by atoms with van der Waals surface area (Å²) in [5.41, 5.74) is 0.00720. The van der Waals surface area contributed by atoms with Gasteiger partial charge in [-0.2, -0.15) is 0 Å². The predicted octanol–water partition coefficient (Wildman–Crippen LogP) is 0.147. The minimum atomic E-state index is -1.03. The molecule has 1 aromatic heterocycles. The summed E-state index contributed by atoms with van der Waals surface area (Å²) in [6, 6.07) is 0.208. The van der Waals surface area contributed by atoms with Gasteiger partial charge in [0.1, 0.15) is 0 Å². The zero-order valence-electron chi connectivity index (χ0n) is 8.55. The maximum absolute atomic E-state index is 10.6. The number of aromatic carboxylic acids is 1.